The monoisotopic (exact) mass is 476 g/mol. The number of nitro benzene ring substituents is 1. The van der Waals surface area contributed by atoms with Gasteiger partial charge in [0.1, 0.15) is 11.3 Å². The molecule has 3 fully saturated rings. The Morgan fingerprint density at radius 3 is 2.71 bits per heavy atom. The molecule has 4 aliphatic rings. The van der Waals surface area contributed by atoms with Crippen molar-refractivity contribution in [2.45, 2.75) is 37.8 Å². The zero-order chi connectivity index (χ0) is 24.6. The standard InChI is InChI=1S/C25H24N4O6/c1-3-13-6-4-7-15-21(13)26-24(32)25(15)20-19(17-8-5-11-27(17)25)22(30)28(23(20)31)16-10-9-14(29(33)34)12-18(16)35-2/h4,6-7,9-10,12,17,19-20H,3,5,8,11H2,1-2H3,(H,26,32)/t17-,19-,20-,25-/m0/s1. The van der Waals surface area contributed by atoms with Gasteiger partial charge < -0.3 is 10.1 Å². The fraction of sp³-hybridized carbons (Fsp3) is 0.400. The number of methoxy groups -OCH3 is 1. The van der Waals surface area contributed by atoms with E-state index < -0.39 is 34.1 Å². The highest BCUT2D eigenvalue weighted by molar-refractivity contribution is 6.26. The van der Waals surface area contributed by atoms with Crippen molar-refractivity contribution in [3.8, 4) is 5.75 Å². The van der Waals surface area contributed by atoms with Crippen LogP contribution in [0.2, 0.25) is 0 Å². The molecule has 0 unspecified atom stereocenters. The van der Waals surface area contributed by atoms with Crippen molar-refractivity contribution in [2.24, 2.45) is 11.8 Å². The predicted octanol–water partition coefficient (Wildman–Crippen LogP) is 2.60. The summed E-state index contributed by atoms with van der Waals surface area (Å²) in [5, 5.41) is 14.3. The van der Waals surface area contributed by atoms with Crippen LogP contribution in [0.1, 0.15) is 30.9 Å². The highest BCUT2D eigenvalue weighted by Crippen LogP contribution is 2.61. The van der Waals surface area contributed by atoms with Gasteiger partial charge in [-0.15, -0.1) is 0 Å². The number of aryl methyl sites for hydroxylation is 1. The van der Waals surface area contributed by atoms with E-state index in [0.29, 0.717) is 13.0 Å². The summed E-state index contributed by atoms with van der Waals surface area (Å²) < 4.78 is 5.34. The quantitative estimate of drug-likeness (QED) is 0.409. The van der Waals surface area contributed by atoms with Gasteiger partial charge in [0.2, 0.25) is 17.7 Å². The molecule has 0 radical (unpaired) electrons. The maximum absolute atomic E-state index is 14.1. The second-order valence-corrected chi connectivity index (χ2v) is 9.45. The molecule has 180 valence electrons. The van der Waals surface area contributed by atoms with Crippen molar-refractivity contribution in [3.63, 3.8) is 0 Å². The maximum Gasteiger partial charge on any atom is 0.273 e. The van der Waals surface area contributed by atoms with E-state index in [1.54, 1.807) is 0 Å². The number of fused-ring (bicyclic) bond motifs is 7. The first-order valence-electron chi connectivity index (χ1n) is 11.8. The Kier molecular flexibility index (Phi) is 4.56. The van der Waals surface area contributed by atoms with Gasteiger partial charge >= 0.3 is 0 Å². The molecule has 10 nitrogen and oxygen atoms in total. The second-order valence-electron chi connectivity index (χ2n) is 9.45. The third-order valence-corrected chi connectivity index (χ3v) is 8.11. The topological polar surface area (TPSA) is 122 Å². The number of non-ortho nitro benzene ring substituents is 1. The van der Waals surface area contributed by atoms with Crippen LogP contribution in [-0.2, 0) is 26.3 Å². The molecular formula is C25H24N4O6. The SMILES string of the molecule is CCc1cccc2c1NC(=O)[C@@]21[C@@H]2C(=O)N(c3ccc([N+](=O)[O-])cc3OC)C(=O)[C@H]2[C@@H]2CCCN21. The molecule has 4 atom stereocenters. The van der Waals surface area contributed by atoms with E-state index in [1.807, 2.05) is 25.1 Å². The van der Waals surface area contributed by atoms with E-state index >= 15 is 0 Å². The summed E-state index contributed by atoms with van der Waals surface area (Å²) in [5.74, 6) is -2.67. The van der Waals surface area contributed by atoms with Crippen molar-refractivity contribution >= 4 is 34.8 Å². The lowest BCUT2D eigenvalue weighted by Crippen LogP contribution is -2.54. The minimum absolute atomic E-state index is 0.0581. The Morgan fingerprint density at radius 2 is 2.00 bits per heavy atom. The number of benzene rings is 2. The molecule has 4 aliphatic heterocycles. The van der Waals surface area contributed by atoms with Crippen molar-refractivity contribution in [3.05, 3.63) is 57.6 Å². The molecule has 0 aromatic heterocycles. The minimum atomic E-state index is -1.26. The molecule has 0 saturated carbocycles. The third-order valence-electron chi connectivity index (χ3n) is 8.11. The number of hydrogen-bond donors (Lipinski definition) is 1. The van der Waals surface area contributed by atoms with Gasteiger partial charge in [0.15, 0.2) is 0 Å². The number of imide groups is 1. The largest absolute Gasteiger partial charge is 0.494 e. The van der Waals surface area contributed by atoms with Gasteiger partial charge in [0, 0.05) is 23.4 Å². The molecule has 6 rings (SSSR count). The Hall–Kier alpha value is -3.79. The number of anilines is 2. The molecule has 0 aliphatic carbocycles. The van der Waals surface area contributed by atoms with Gasteiger partial charge in [-0.3, -0.25) is 29.4 Å². The van der Waals surface area contributed by atoms with Crippen LogP contribution in [0, 0.1) is 22.0 Å². The lowest BCUT2D eigenvalue weighted by atomic mass is 9.75. The summed E-state index contributed by atoms with van der Waals surface area (Å²) in [6, 6.07) is 9.31. The number of nitro groups is 1. The first-order valence-corrected chi connectivity index (χ1v) is 11.8. The number of carbonyl (C=O) groups excluding carboxylic acids is 3. The smallest absolute Gasteiger partial charge is 0.273 e. The highest BCUT2D eigenvalue weighted by atomic mass is 16.6. The zero-order valence-corrected chi connectivity index (χ0v) is 19.3. The highest BCUT2D eigenvalue weighted by Gasteiger charge is 2.74. The number of ether oxygens (including phenoxy) is 1. The molecule has 3 saturated heterocycles. The van der Waals surface area contributed by atoms with Crippen LogP contribution in [-0.4, -0.2) is 47.2 Å². The van der Waals surface area contributed by atoms with Crippen LogP contribution in [0.25, 0.3) is 0 Å². The maximum atomic E-state index is 14.1. The minimum Gasteiger partial charge on any atom is -0.494 e. The van der Waals surface area contributed by atoms with Gasteiger partial charge in [-0.25, -0.2) is 4.90 Å². The average Bonchev–Trinajstić information content (AvgIpc) is 3.56. The van der Waals surface area contributed by atoms with Gasteiger partial charge in [-0.05, 0) is 37.4 Å². The zero-order valence-electron chi connectivity index (χ0n) is 19.3. The molecule has 35 heavy (non-hydrogen) atoms. The average molecular weight is 476 g/mol. The first kappa shape index (κ1) is 21.7. The molecule has 2 aromatic carbocycles. The van der Waals surface area contributed by atoms with Crippen molar-refractivity contribution in [2.75, 3.05) is 23.9 Å². The predicted molar refractivity (Wildman–Crippen MR) is 125 cm³/mol. The van der Waals surface area contributed by atoms with Gasteiger partial charge in [-0.2, -0.15) is 0 Å². The first-order chi connectivity index (χ1) is 16.9. The fourth-order valence-corrected chi connectivity index (χ4v) is 6.79. The summed E-state index contributed by atoms with van der Waals surface area (Å²) in [4.78, 5) is 55.6. The van der Waals surface area contributed by atoms with Gasteiger partial charge in [-0.1, -0.05) is 25.1 Å². The lowest BCUT2D eigenvalue weighted by molar-refractivity contribution is -0.384. The molecule has 1 spiro atoms. The van der Waals surface area contributed by atoms with Crippen LogP contribution in [0.15, 0.2) is 36.4 Å². The Labute approximate surface area is 201 Å². The van der Waals surface area contributed by atoms with Crippen LogP contribution in [0.3, 0.4) is 0 Å². The summed E-state index contributed by atoms with van der Waals surface area (Å²) in [6.45, 7) is 2.64. The number of nitrogens with one attached hydrogen (secondary N) is 1. The van der Waals surface area contributed by atoms with E-state index in [-0.39, 0.29) is 29.1 Å². The number of carbonyl (C=O) groups is 3. The lowest BCUT2D eigenvalue weighted by Gasteiger charge is -2.36. The third kappa shape index (κ3) is 2.54. The molecule has 2 aromatic rings. The van der Waals surface area contributed by atoms with Gasteiger partial charge in [0.25, 0.3) is 5.69 Å². The van der Waals surface area contributed by atoms with Crippen LogP contribution >= 0.6 is 0 Å². The Morgan fingerprint density at radius 1 is 1.20 bits per heavy atom. The Bertz CT molecular complexity index is 1330. The number of hydrogen-bond acceptors (Lipinski definition) is 7. The van der Waals surface area contributed by atoms with E-state index in [0.717, 1.165) is 34.6 Å². The molecule has 10 heteroatoms. The van der Waals surface area contributed by atoms with E-state index in [2.05, 4.69) is 10.2 Å². The molecule has 1 N–H and O–H groups in total. The van der Waals surface area contributed by atoms with Crippen molar-refractivity contribution in [1.29, 1.82) is 0 Å². The molecule has 0 bridgehead atoms. The second kappa shape index (κ2) is 7.35. The summed E-state index contributed by atoms with van der Waals surface area (Å²) in [6.07, 6.45) is 2.26. The van der Waals surface area contributed by atoms with Crippen molar-refractivity contribution in [1.82, 2.24) is 4.90 Å². The number of nitrogens with zero attached hydrogens (tertiary/aromatic N) is 3. The molecule has 3 amide bonds. The Balaban J connectivity index is 1.53. The van der Waals surface area contributed by atoms with Crippen molar-refractivity contribution < 1.29 is 24.0 Å². The summed E-state index contributed by atoms with van der Waals surface area (Å²) in [5.41, 5.74) is 1.15. The van der Waals surface area contributed by atoms with E-state index in [4.69, 9.17) is 4.74 Å². The normalized spacial score (nSPS) is 28.9. The number of para-hydroxylation sites is 1. The molecular weight excluding hydrogens is 452 g/mol. The number of rotatable bonds is 4. The van der Waals surface area contributed by atoms with Crippen LogP contribution in [0.5, 0.6) is 5.75 Å². The summed E-state index contributed by atoms with van der Waals surface area (Å²) in [7, 11) is 1.33. The summed E-state index contributed by atoms with van der Waals surface area (Å²) >= 11 is 0. The fourth-order valence-electron chi connectivity index (χ4n) is 6.79. The van der Waals surface area contributed by atoms with Crippen LogP contribution in [0.4, 0.5) is 17.1 Å². The molecule has 4 heterocycles. The van der Waals surface area contributed by atoms with Gasteiger partial charge in [0.05, 0.1) is 35.6 Å². The van der Waals surface area contributed by atoms with E-state index in [9.17, 15) is 24.5 Å². The van der Waals surface area contributed by atoms with E-state index in [1.165, 1.54) is 25.3 Å². The number of amides is 3. The van der Waals surface area contributed by atoms with Crippen LogP contribution < -0.4 is 15.0 Å².